The van der Waals surface area contributed by atoms with Crippen molar-refractivity contribution in [1.29, 1.82) is 0 Å². The van der Waals surface area contributed by atoms with Gasteiger partial charge in [0.15, 0.2) is 0 Å². The summed E-state index contributed by atoms with van der Waals surface area (Å²) in [6.07, 6.45) is 3.88. The van der Waals surface area contributed by atoms with Crippen LogP contribution >= 0.6 is 0 Å². The van der Waals surface area contributed by atoms with Crippen LogP contribution < -0.4 is 0 Å². The van der Waals surface area contributed by atoms with Gasteiger partial charge in [-0.25, -0.2) is 0 Å². The molecule has 0 aromatic heterocycles. The molecule has 0 bridgehead atoms. The highest BCUT2D eigenvalue weighted by Crippen LogP contribution is 2.29. The maximum atomic E-state index is 8.80. The molecule has 0 aliphatic carbocycles. The third kappa shape index (κ3) is 3.11. The molecule has 12 heavy (non-hydrogen) atoms. The van der Waals surface area contributed by atoms with Crippen molar-refractivity contribution < 1.29 is 5.11 Å². The largest absolute Gasteiger partial charge is 0.395 e. The zero-order valence-corrected chi connectivity index (χ0v) is 8.34. The second-order valence-corrected chi connectivity index (χ2v) is 4.58. The average Bonchev–Trinajstić information content (AvgIpc) is 2.14. The quantitative estimate of drug-likeness (QED) is 0.680. The zero-order chi connectivity index (χ0) is 9.03. The fraction of sp³-hybridized carbons (Fsp3) is 1.00. The molecule has 0 atom stereocenters. The van der Waals surface area contributed by atoms with Gasteiger partial charge in [-0.15, -0.1) is 0 Å². The second kappa shape index (κ2) is 4.24. The van der Waals surface area contributed by atoms with Crippen LogP contribution in [0.25, 0.3) is 0 Å². The van der Waals surface area contributed by atoms with Gasteiger partial charge in [-0.3, -0.25) is 0 Å². The second-order valence-electron chi connectivity index (χ2n) is 4.58. The molecule has 1 N–H and O–H groups in total. The highest BCUT2D eigenvalue weighted by atomic mass is 16.3. The fourth-order valence-electron chi connectivity index (χ4n) is 1.84. The van der Waals surface area contributed by atoms with Gasteiger partial charge in [0, 0.05) is 6.54 Å². The lowest BCUT2D eigenvalue weighted by atomic mass is 9.85. The molecule has 2 nitrogen and oxygen atoms in total. The van der Waals surface area contributed by atoms with Crippen molar-refractivity contribution in [2.24, 2.45) is 5.41 Å². The van der Waals surface area contributed by atoms with Gasteiger partial charge >= 0.3 is 0 Å². The molecular formula is C10H21NO. The molecule has 0 amide bonds. The summed E-state index contributed by atoms with van der Waals surface area (Å²) in [7, 11) is 0. The van der Waals surface area contributed by atoms with Crippen LogP contribution in [0.15, 0.2) is 0 Å². The third-order valence-electron chi connectivity index (χ3n) is 2.85. The number of rotatable bonds is 2. The zero-order valence-electron chi connectivity index (χ0n) is 8.34. The summed E-state index contributed by atoms with van der Waals surface area (Å²) in [5, 5.41) is 8.80. The van der Waals surface area contributed by atoms with Gasteiger partial charge in [-0.2, -0.15) is 0 Å². The summed E-state index contributed by atoms with van der Waals surface area (Å²) in [5.74, 6) is 0. The first-order valence-electron chi connectivity index (χ1n) is 4.97. The Morgan fingerprint density at radius 3 is 2.67 bits per heavy atom. The summed E-state index contributed by atoms with van der Waals surface area (Å²) in [6, 6.07) is 0. The van der Waals surface area contributed by atoms with E-state index in [0.29, 0.717) is 12.0 Å². The molecule has 0 unspecified atom stereocenters. The van der Waals surface area contributed by atoms with Gasteiger partial charge in [0.1, 0.15) is 0 Å². The Morgan fingerprint density at radius 1 is 1.25 bits per heavy atom. The van der Waals surface area contributed by atoms with Crippen molar-refractivity contribution in [3.05, 3.63) is 0 Å². The van der Waals surface area contributed by atoms with Crippen molar-refractivity contribution in [2.75, 3.05) is 26.2 Å². The van der Waals surface area contributed by atoms with Gasteiger partial charge in [-0.1, -0.05) is 13.8 Å². The summed E-state index contributed by atoms with van der Waals surface area (Å²) >= 11 is 0. The van der Waals surface area contributed by atoms with E-state index >= 15 is 0 Å². The van der Waals surface area contributed by atoms with Crippen LogP contribution in [-0.2, 0) is 0 Å². The lowest BCUT2D eigenvalue weighted by molar-refractivity contribution is 0.195. The van der Waals surface area contributed by atoms with Gasteiger partial charge in [0.05, 0.1) is 6.61 Å². The van der Waals surface area contributed by atoms with Crippen LogP contribution in [0.3, 0.4) is 0 Å². The molecule has 0 radical (unpaired) electrons. The SMILES string of the molecule is CC1(C)CCCN(CCO)CC1. The maximum Gasteiger partial charge on any atom is 0.0558 e. The molecule has 1 heterocycles. The molecule has 1 rings (SSSR count). The molecule has 0 saturated carbocycles. The number of aliphatic hydroxyl groups excluding tert-OH is 1. The topological polar surface area (TPSA) is 23.5 Å². The van der Waals surface area contributed by atoms with E-state index in [9.17, 15) is 0 Å². The van der Waals surface area contributed by atoms with Gasteiger partial charge in [-0.05, 0) is 37.8 Å². The predicted octanol–water partition coefficient (Wildman–Crippen LogP) is 1.49. The minimum absolute atomic E-state index is 0.306. The van der Waals surface area contributed by atoms with Crippen LogP contribution in [0, 0.1) is 5.41 Å². The molecule has 1 aliphatic heterocycles. The van der Waals surface area contributed by atoms with E-state index in [1.807, 2.05) is 0 Å². The van der Waals surface area contributed by atoms with Crippen LogP contribution in [0.4, 0.5) is 0 Å². The van der Waals surface area contributed by atoms with Crippen molar-refractivity contribution in [2.45, 2.75) is 33.1 Å². The minimum Gasteiger partial charge on any atom is -0.395 e. The Hall–Kier alpha value is -0.0800. The lowest BCUT2D eigenvalue weighted by Gasteiger charge is -2.22. The highest BCUT2D eigenvalue weighted by Gasteiger charge is 2.22. The number of likely N-dealkylation sites (tertiary alicyclic amines) is 1. The first-order valence-corrected chi connectivity index (χ1v) is 4.97. The predicted molar refractivity (Wildman–Crippen MR) is 51.2 cm³/mol. The number of nitrogens with zero attached hydrogens (tertiary/aromatic N) is 1. The first kappa shape index (κ1) is 10.0. The molecule has 0 aromatic carbocycles. The van der Waals surface area contributed by atoms with Gasteiger partial charge in [0.25, 0.3) is 0 Å². The van der Waals surface area contributed by atoms with E-state index in [0.717, 1.165) is 13.1 Å². The Kier molecular flexibility index (Phi) is 3.53. The van der Waals surface area contributed by atoms with Crippen molar-refractivity contribution in [3.8, 4) is 0 Å². The van der Waals surface area contributed by atoms with Crippen molar-refractivity contribution in [1.82, 2.24) is 4.90 Å². The number of aliphatic hydroxyl groups is 1. The molecule has 2 heteroatoms. The van der Waals surface area contributed by atoms with E-state index in [-0.39, 0.29) is 0 Å². The monoisotopic (exact) mass is 171 g/mol. The standard InChI is InChI=1S/C10H21NO/c1-10(2)4-3-6-11(7-5-10)8-9-12/h12H,3-9H2,1-2H3. The molecule has 1 aliphatic rings. The average molecular weight is 171 g/mol. The summed E-state index contributed by atoms with van der Waals surface area (Å²) in [4.78, 5) is 2.37. The van der Waals surface area contributed by atoms with Crippen molar-refractivity contribution in [3.63, 3.8) is 0 Å². The fourth-order valence-corrected chi connectivity index (χ4v) is 1.84. The Bertz CT molecular complexity index is 134. The lowest BCUT2D eigenvalue weighted by Crippen LogP contribution is -2.28. The maximum absolute atomic E-state index is 8.80. The van der Waals surface area contributed by atoms with E-state index in [2.05, 4.69) is 18.7 Å². The van der Waals surface area contributed by atoms with Crippen LogP contribution in [0.1, 0.15) is 33.1 Å². The molecule has 0 spiro atoms. The number of hydrogen-bond acceptors (Lipinski definition) is 2. The smallest absolute Gasteiger partial charge is 0.0558 e. The summed E-state index contributed by atoms with van der Waals surface area (Å²) in [6.45, 7) is 8.18. The van der Waals surface area contributed by atoms with Crippen LogP contribution in [-0.4, -0.2) is 36.2 Å². The highest BCUT2D eigenvalue weighted by molar-refractivity contribution is 4.75. The van der Waals surface area contributed by atoms with E-state index in [4.69, 9.17) is 5.11 Å². The molecule has 0 aromatic rings. The van der Waals surface area contributed by atoms with Crippen LogP contribution in [0.5, 0.6) is 0 Å². The molecule has 1 saturated heterocycles. The Morgan fingerprint density at radius 2 is 2.00 bits per heavy atom. The first-order chi connectivity index (χ1) is 5.64. The van der Waals surface area contributed by atoms with E-state index < -0.39 is 0 Å². The molecular weight excluding hydrogens is 150 g/mol. The summed E-state index contributed by atoms with van der Waals surface area (Å²) < 4.78 is 0. The Labute approximate surface area is 75.6 Å². The van der Waals surface area contributed by atoms with E-state index in [1.54, 1.807) is 0 Å². The van der Waals surface area contributed by atoms with Crippen molar-refractivity contribution >= 4 is 0 Å². The van der Waals surface area contributed by atoms with Crippen LogP contribution in [0.2, 0.25) is 0 Å². The van der Waals surface area contributed by atoms with Gasteiger partial charge in [0.2, 0.25) is 0 Å². The normalized spacial score (nSPS) is 25.2. The Balaban J connectivity index is 2.34. The van der Waals surface area contributed by atoms with E-state index in [1.165, 1.54) is 25.8 Å². The third-order valence-corrected chi connectivity index (χ3v) is 2.85. The molecule has 72 valence electrons. The minimum atomic E-state index is 0.306. The molecule has 1 fully saturated rings. The van der Waals surface area contributed by atoms with Gasteiger partial charge < -0.3 is 10.0 Å². The summed E-state index contributed by atoms with van der Waals surface area (Å²) in [5.41, 5.74) is 0.518. The number of β-amino-alcohol motifs (C(OH)–C–C–N with tert-alkyl or cyclic N) is 1. The number of hydrogen-bond donors (Lipinski definition) is 1.